The highest BCUT2D eigenvalue weighted by Gasteiger charge is 2.49. The molecular formula is C19H36F3NO3S. The smallest absolute Gasteiger partial charge is 0.405 e. The van der Waals surface area contributed by atoms with Crippen molar-refractivity contribution in [1.82, 2.24) is 4.72 Å². The van der Waals surface area contributed by atoms with Crippen molar-refractivity contribution >= 4 is 17.0 Å². The van der Waals surface area contributed by atoms with Crippen LogP contribution in [0.15, 0.2) is 0 Å². The van der Waals surface area contributed by atoms with Gasteiger partial charge in [-0.1, -0.05) is 52.4 Å². The van der Waals surface area contributed by atoms with Gasteiger partial charge in [0.2, 0.25) is 0 Å². The van der Waals surface area contributed by atoms with Gasteiger partial charge in [-0.15, -0.1) is 0 Å². The third-order valence-corrected chi connectivity index (χ3v) is 5.79. The lowest BCUT2D eigenvalue weighted by atomic mass is 9.93. The second-order valence-electron chi connectivity index (χ2n) is 7.85. The molecule has 8 heteroatoms. The molecule has 0 aliphatic rings. The van der Waals surface area contributed by atoms with Crippen molar-refractivity contribution in [3.63, 3.8) is 0 Å². The molecule has 162 valence electrons. The normalized spacial score (nSPS) is 16.0. The molecule has 0 radical (unpaired) electrons. The Kier molecular flexibility index (Phi) is 12.5. The van der Waals surface area contributed by atoms with Crippen molar-refractivity contribution in [3.8, 4) is 0 Å². The number of alkyl halides is 3. The molecule has 0 aliphatic carbocycles. The van der Waals surface area contributed by atoms with Crippen LogP contribution in [0.3, 0.4) is 0 Å². The van der Waals surface area contributed by atoms with E-state index >= 15 is 0 Å². The fourth-order valence-electron chi connectivity index (χ4n) is 2.48. The quantitative estimate of drug-likeness (QED) is 0.328. The van der Waals surface area contributed by atoms with Gasteiger partial charge in [0, 0.05) is 0 Å². The van der Waals surface area contributed by atoms with Crippen molar-refractivity contribution in [2.75, 3.05) is 6.61 Å². The number of ether oxygens (including phenoxy) is 1. The fraction of sp³-hybridized carbons (Fsp3) is 0.947. The summed E-state index contributed by atoms with van der Waals surface area (Å²) in [4.78, 5) is 12.4. The van der Waals surface area contributed by atoms with Gasteiger partial charge in [-0.25, -0.2) is 8.93 Å². The van der Waals surface area contributed by atoms with E-state index in [4.69, 9.17) is 4.74 Å². The number of hydrogen-bond acceptors (Lipinski definition) is 3. The van der Waals surface area contributed by atoms with E-state index in [1.807, 2.05) is 6.92 Å². The SMILES string of the molecule is CCCCCCC[C@H](C(=O)OCCCC)[C@H](N[S@@](=O)C(C)(C)C)C(F)(F)F. The minimum absolute atomic E-state index is 0.0627. The molecule has 1 N–H and O–H groups in total. The zero-order valence-electron chi connectivity index (χ0n) is 17.3. The van der Waals surface area contributed by atoms with E-state index in [0.717, 1.165) is 32.1 Å². The Morgan fingerprint density at radius 1 is 1.00 bits per heavy atom. The second-order valence-corrected chi connectivity index (χ2v) is 9.85. The molecule has 0 amide bonds. The minimum Gasteiger partial charge on any atom is -0.465 e. The average molecular weight is 416 g/mol. The summed E-state index contributed by atoms with van der Waals surface area (Å²) in [5.41, 5.74) is 0. The summed E-state index contributed by atoms with van der Waals surface area (Å²) in [6.45, 7) is 8.83. The van der Waals surface area contributed by atoms with E-state index in [-0.39, 0.29) is 13.0 Å². The summed E-state index contributed by atoms with van der Waals surface area (Å²) >= 11 is 0. The second kappa shape index (κ2) is 12.8. The number of halogens is 3. The lowest BCUT2D eigenvalue weighted by molar-refractivity contribution is -0.179. The first kappa shape index (κ1) is 26.4. The van der Waals surface area contributed by atoms with Gasteiger partial charge in [0.25, 0.3) is 0 Å². The predicted molar refractivity (Wildman–Crippen MR) is 104 cm³/mol. The van der Waals surface area contributed by atoms with Gasteiger partial charge >= 0.3 is 12.1 Å². The Labute approximate surface area is 164 Å². The van der Waals surface area contributed by atoms with Crippen molar-refractivity contribution < 1.29 is 26.9 Å². The molecule has 0 saturated heterocycles. The minimum atomic E-state index is -4.70. The molecule has 4 nitrogen and oxygen atoms in total. The Morgan fingerprint density at radius 2 is 1.56 bits per heavy atom. The summed E-state index contributed by atoms with van der Waals surface area (Å²) in [6, 6.07) is -2.18. The number of unbranched alkanes of at least 4 members (excludes halogenated alkanes) is 5. The zero-order chi connectivity index (χ0) is 21.1. The largest absolute Gasteiger partial charge is 0.465 e. The van der Waals surface area contributed by atoms with E-state index in [0.29, 0.717) is 12.8 Å². The summed E-state index contributed by atoms with van der Waals surface area (Å²) in [5.74, 6) is -2.26. The van der Waals surface area contributed by atoms with Crippen LogP contribution in [0, 0.1) is 5.92 Å². The van der Waals surface area contributed by atoms with Crippen molar-refractivity contribution in [1.29, 1.82) is 0 Å². The van der Waals surface area contributed by atoms with E-state index in [1.165, 1.54) is 0 Å². The molecule has 0 heterocycles. The highest BCUT2D eigenvalue weighted by atomic mass is 32.2. The highest BCUT2D eigenvalue weighted by Crippen LogP contribution is 2.31. The van der Waals surface area contributed by atoms with Gasteiger partial charge in [0.15, 0.2) is 0 Å². The fourth-order valence-corrected chi connectivity index (χ4v) is 3.36. The molecule has 0 spiro atoms. The third kappa shape index (κ3) is 11.1. The van der Waals surface area contributed by atoms with Crippen LogP contribution in [0.25, 0.3) is 0 Å². The van der Waals surface area contributed by atoms with Crippen LogP contribution in [-0.2, 0) is 20.5 Å². The Bertz CT molecular complexity index is 450. The Morgan fingerprint density at radius 3 is 2.04 bits per heavy atom. The number of esters is 1. The molecular weight excluding hydrogens is 379 g/mol. The molecule has 0 rings (SSSR count). The highest BCUT2D eigenvalue weighted by molar-refractivity contribution is 7.84. The first-order valence-corrected chi connectivity index (χ1v) is 11.0. The first-order chi connectivity index (χ1) is 12.4. The predicted octanol–water partition coefficient (Wildman–Crippen LogP) is 5.29. The molecule has 0 unspecified atom stereocenters. The zero-order valence-corrected chi connectivity index (χ0v) is 18.1. The number of hydrogen-bond donors (Lipinski definition) is 1. The summed E-state index contributed by atoms with van der Waals surface area (Å²) in [7, 11) is -1.95. The first-order valence-electron chi connectivity index (χ1n) is 9.86. The van der Waals surface area contributed by atoms with E-state index in [9.17, 15) is 22.2 Å². The number of nitrogens with one attached hydrogen (secondary N) is 1. The van der Waals surface area contributed by atoms with Crippen LogP contribution >= 0.6 is 0 Å². The molecule has 3 atom stereocenters. The molecule has 0 fully saturated rings. The summed E-state index contributed by atoms with van der Waals surface area (Å²) < 4.78 is 59.7. The van der Waals surface area contributed by atoms with Crippen LogP contribution in [0.5, 0.6) is 0 Å². The summed E-state index contributed by atoms with van der Waals surface area (Å²) in [6.07, 6.45) is 0.985. The monoisotopic (exact) mass is 415 g/mol. The maximum Gasteiger partial charge on any atom is 0.405 e. The average Bonchev–Trinajstić information content (AvgIpc) is 2.54. The summed E-state index contributed by atoms with van der Waals surface area (Å²) in [5, 5.41) is 0. The van der Waals surface area contributed by atoms with Gasteiger partial charge in [-0.05, 0) is 33.6 Å². The number of carbonyl (C=O) groups is 1. The number of rotatable bonds is 13. The topological polar surface area (TPSA) is 55.4 Å². The maximum absolute atomic E-state index is 13.7. The van der Waals surface area contributed by atoms with Crippen LogP contribution in [0.1, 0.15) is 86.0 Å². The maximum atomic E-state index is 13.7. The van der Waals surface area contributed by atoms with Gasteiger partial charge < -0.3 is 4.74 Å². The van der Waals surface area contributed by atoms with Gasteiger partial charge in [0.05, 0.1) is 28.3 Å². The van der Waals surface area contributed by atoms with Crippen LogP contribution in [0.2, 0.25) is 0 Å². The molecule has 0 aromatic carbocycles. The molecule has 0 aliphatic heterocycles. The Hall–Kier alpha value is -0.630. The number of carbonyl (C=O) groups excluding carboxylic acids is 1. The van der Waals surface area contributed by atoms with Crippen molar-refractivity contribution in [3.05, 3.63) is 0 Å². The van der Waals surface area contributed by atoms with Crippen LogP contribution in [-0.4, -0.2) is 33.8 Å². The van der Waals surface area contributed by atoms with E-state index in [2.05, 4.69) is 11.6 Å². The van der Waals surface area contributed by atoms with Crippen LogP contribution < -0.4 is 4.72 Å². The van der Waals surface area contributed by atoms with Crippen molar-refractivity contribution in [2.45, 2.75) is 103 Å². The molecule has 0 aromatic heterocycles. The lowest BCUT2D eigenvalue weighted by Crippen LogP contribution is -2.53. The van der Waals surface area contributed by atoms with Crippen LogP contribution in [0.4, 0.5) is 13.2 Å². The molecule has 0 aromatic rings. The van der Waals surface area contributed by atoms with E-state index in [1.54, 1.807) is 20.8 Å². The van der Waals surface area contributed by atoms with Gasteiger partial charge in [0.1, 0.15) is 6.04 Å². The lowest BCUT2D eigenvalue weighted by Gasteiger charge is -2.30. The van der Waals surface area contributed by atoms with Crippen molar-refractivity contribution in [2.24, 2.45) is 5.92 Å². The molecule has 27 heavy (non-hydrogen) atoms. The Balaban J connectivity index is 5.29. The van der Waals surface area contributed by atoms with Gasteiger partial charge in [-0.3, -0.25) is 4.79 Å². The standard InChI is InChI=1S/C19H36F3NO3S/c1-6-8-10-11-12-13-15(17(24)26-14-9-7-2)16(19(20,21)22)23-27(25)18(3,4)5/h15-16,23H,6-14H2,1-5H3/t15-,16-,27-/m0/s1. The molecule has 0 bridgehead atoms. The van der Waals surface area contributed by atoms with Gasteiger partial charge in [-0.2, -0.15) is 13.2 Å². The third-order valence-electron chi connectivity index (χ3n) is 4.21. The van der Waals surface area contributed by atoms with E-state index < -0.39 is 39.8 Å². The molecule has 0 saturated carbocycles.